The minimum atomic E-state index is 0.0150. The zero-order valence-electron chi connectivity index (χ0n) is 9.53. The number of phenols is 1. The molecule has 1 N–H and O–H groups in total. The molecule has 1 aliphatic carbocycles. The number of ketones is 1. The van der Waals surface area contributed by atoms with Crippen LogP contribution >= 0.6 is 0 Å². The second-order valence-corrected chi connectivity index (χ2v) is 4.29. The lowest BCUT2D eigenvalue weighted by Gasteiger charge is -2.01. The lowest BCUT2D eigenvalue weighted by atomic mass is 10.0. The van der Waals surface area contributed by atoms with Crippen molar-refractivity contribution in [3.05, 3.63) is 53.1 Å². The lowest BCUT2D eigenvalue weighted by Crippen LogP contribution is -1.95. The summed E-state index contributed by atoms with van der Waals surface area (Å²) in [7, 11) is 0. The largest absolute Gasteiger partial charge is 0.508 e. The molecule has 0 aromatic heterocycles. The monoisotopic (exact) mass is 224 g/mol. The molecule has 0 heterocycles. The average molecular weight is 224 g/mol. The Morgan fingerprint density at radius 3 is 2.29 bits per heavy atom. The van der Waals surface area contributed by atoms with E-state index in [9.17, 15) is 9.90 Å². The summed E-state index contributed by atoms with van der Waals surface area (Å²) in [4.78, 5) is 12.2. The maximum atomic E-state index is 12.2. The smallest absolute Gasteiger partial charge is 0.194 e. The highest BCUT2D eigenvalue weighted by Gasteiger charge is 2.26. The fourth-order valence-electron chi connectivity index (χ4n) is 2.33. The summed E-state index contributed by atoms with van der Waals surface area (Å²) in [6.45, 7) is 2.07. The van der Waals surface area contributed by atoms with Crippen LogP contribution in [0.15, 0.2) is 36.4 Å². The van der Waals surface area contributed by atoms with Gasteiger partial charge in [-0.25, -0.2) is 0 Å². The SMILES string of the molecule is CCc1ccc2c(c1)C(=O)c1cc(O)ccc1-2. The Bertz CT molecular complexity index is 627. The van der Waals surface area contributed by atoms with Crippen molar-refractivity contribution in [1.82, 2.24) is 0 Å². The molecule has 0 saturated carbocycles. The van der Waals surface area contributed by atoms with E-state index >= 15 is 0 Å². The van der Waals surface area contributed by atoms with E-state index in [0.717, 1.165) is 28.7 Å². The van der Waals surface area contributed by atoms with E-state index in [-0.39, 0.29) is 11.5 Å². The van der Waals surface area contributed by atoms with Gasteiger partial charge in [-0.1, -0.05) is 19.1 Å². The van der Waals surface area contributed by atoms with Crippen LogP contribution < -0.4 is 0 Å². The van der Waals surface area contributed by atoms with Crippen LogP contribution in [0.5, 0.6) is 5.75 Å². The highest BCUT2D eigenvalue weighted by atomic mass is 16.3. The Balaban J connectivity index is 2.27. The molecule has 0 atom stereocenters. The molecule has 0 saturated heterocycles. The zero-order valence-corrected chi connectivity index (χ0v) is 9.53. The molecular formula is C15H12O2. The molecule has 2 aromatic rings. The van der Waals surface area contributed by atoms with Crippen LogP contribution in [-0.2, 0) is 6.42 Å². The molecule has 3 rings (SSSR count). The van der Waals surface area contributed by atoms with E-state index in [0.29, 0.717) is 5.56 Å². The molecule has 17 heavy (non-hydrogen) atoms. The van der Waals surface area contributed by atoms with Gasteiger partial charge in [0.2, 0.25) is 0 Å². The van der Waals surface area contributed by atoms with E-state index in [1.165, 1.54) is 0 Å². The van der Waals surface area contributed by atoms with E-state index in [1.807, 2.05) is 18.2 Å². The van der Waals surface area contributed by atoms with Gasteiger partial charge in [0.05, 0.1) is 0 Å². The van der Waals surface area contributed by atoms with Crippen molar-refractivity contribution in [3.8, 4) is 16.9 Å². The third-order valence-corrected chi connectivity index (χ3v) is 3.27. The predicted octanol–water partition coefficient (Wildman–Crippen LogP) is 3.17. The van der Waals surface area contributed by atoms with Crippen LogP contribution in [0.4, 0.5) is 0 Å². The number of rotatable bonds is 1. The number of aromatic hydroxyl groups is 1. The number of carbonyl (C=O) groups excluding carboxylic acids is 1. The summed E-state index contributed by atoms with van der Waals surface area (Å²) in [5, 5.41) is 9.44. The molecular weight excluding hydrogens is 212 g/mol. The van der Waals surface area contributed by atoms with E-state index in [2.05, 4.69) is 6.92 Å². The standard InChI is InChI=1S/C15H12O2/c1-2-9-3-5-11-12-6-4-10(16)8-14(12)15(17)13(11)7-9/h3-8,16H,2H2,1H3. The Kier molecular flexibility index (Phi) is 2.05. The lowest BCUT2D eigenvalue weighted by molar-refractivity contribution is 0.104. The molecule has 0 amide bonds. The first-order valence-corrected chi connectivity index (χ1v) is 5.71. The normalized spacial score (nSPS) is 12.4. The van der Waals surface area contributed by atoms with Gasteiger partial charge in [0.15, 0.2) is 5.78 Å². The minimum Gasteiger partial charge on any atom is -0.508 e. The molecule has 2 aromatic carbocycles. The van der Waals surface area contributed by atoms with Gasteiger partial charge in [-0.3, -0.25) is 4.79 Å². The average Bonchev–Trinajstić information content (AvgIpc) is 2.62. The summed E-state index contributed by atoms with van der Waals surface area (Å²) >= 11 is 0. The second kappa shape index (κ2) is 3.45. The molecule has 0 spiro atoms. The van der Waals surface area contributed by atoms with Gasteiger partial charge in [0.1, 0.15) is 5.75 Å². The highest BCUT2D eigenvalue weighted by Crippen LogP contribution is 2.38. The first-order valence-electron chi connectivity index (χ1n) is 5.71. The molecule has 0 radical (unpaired) electrons. The van der Waals surface area contributed by atoms with Crippen LogP contribution in [0, 0.1) is 0 Å². The number of aryl methyl sites for hydroxylation is 1. The van der Waals surface area contributed by atoms with Gasteiger partial charge in [0, 0.05) is 11.1 Å². The molecule has 0 bridgehead atoms. The Hall–Kier alpha value is -2.09. The van der Waals surface area contributed by atoms with Crippen LogP contribution in [0.3, 0.4) is 0 Å². The van der Waals surface area contributed by atoms with Gasteiger partial charge in [0.25, 0.3) is 0 Å². The fourth-order valence-corrected chi connectivity index (χ4v) is 2.33. The molecule has 2 nitrogen and oxygen atoms in total. The van der Waals surface area contributed by atoms with Crippen molar-refractivity contribution in [2.45, 2.75) is 13.3 Å². The number of hydrogen-bond donors (Lipinski definition) is 1. The molecule has 1 aliphatic rings. The predicted molar refractivity (Wildman–Crippen MR) is 66.4 cm³/mol. The van der Waals surface area contributed by atoms with Gasteiger partial charge in [-0.05, 0) is 47.4 Å². The van der Waals surface area contributed by atoms with Crippen LogP contribution in [0.1, 0.15) is 28.4 Å². The van der Waals surface area contributed by atoms with Gasteiger partial charge in [-0.15, -0.1) is 0 Å². The van der Waals surface area contributed by atoms with Crippen LogP contribution in [0.25, 0.3) is 11.1 Å². The first kappa shape index (κ1) is 10.1. The number of phenolic OH excluding ortho intramolecular Hbond substituents is 1. The molecule has 0 aliphatic heterocycles. The topological polar surface area (TPSA) is 37.3 Å². The highest BCUT2D eigenvalue weighted by molar-refractivity contribution is 6.21. The first-order chi connectivity index (χ1) is 8.20. The van der Waals surface area contributed by atoms with Gasteiger partial charge >= 0.3 is 0 Å². The van der Waals surface area contributed by atoms with Crippen LogP contribution in [0.2, 0.25) is 0 Å². The summed E-state index contributed by atoms with van der Waals surface area (Å²) in [5.41, 5.74) is 4.42. The molecule has 2 heteroatoms. The van der Waals surface area contributed by atoms with Crippen molar-refractivity contribution in [3.63, 3.8) is 0 Å². The zero-order chi connectivity index (χ0) is 12.0. The van der Waals surface area contributed by atoms with Crippen LogP contribution in [-0.4, -0.2) is 10.9 Å². The number of benzene rings is 2. The maximum absolute atomic E-state index is 12.2. The quantitative estimate of drug-likeness (QED) is 0.689. The second-order valence-electron chi connectivity index (χ2n) is 4.29. The van der Waals surface area contributed by atoms with Gasteiger partial charge in [-0.2, -0.15) is 0 Å². The third-order valence-electron chi connectivity index (χ3n) is 3.27. The summed E-state index contributed by atoms with van der Waals surface area (Å²) in [6, 6.07) is 11.0. The number of hydrogen-bond acceptors (Lipinski definition) is 2. The van der Waals surface area contributed by atoms with Crippen molar-refractivity contribution in [2.75, 3.05) is 0 Å². The van der Waals surface area contributed by atoms with E-state index < -0.39 is 0 Å². The maximum Gasteiger partial charge on any atom is 0.194 e. The molecule has 0 fully saturated rings. The number of carbonyl (C=O) groups is 1. The van der Waals surface area contributed by atoms with Crippen molar-refractivity contribution in [1.29, 1.82) is 0 Å². The summed E-state index contributed by atoms with van der Waals surface area (Å²) < 4.78 is 0. The Morgan fingerprint density at radius 1 is 0.941 bits per heavy atom. The Labute approximate surface area is 99.5 Å². The molecule has 0 unspecified atom stereocenters. The minimum absolute atomic E-state index is 0.0150. The van der Waals surface area contributed by atoms with Gasteiger partial charge < -0.3 is 5.11 Å². The molecule has 84 valence electrons. The van der Waals surface area contributed by atoms with E-state index in [1.54, 1.807) is 18.2 Å². The van der Waals surface area contributed by atoms with Crippen molar-refractivity contribution < 1.29 is 9.90 Å². The Morgan fingerprint density at radius 2 is 1.59 bits per heavy atom. The summed E-state index contributed by atoms with van der Waals surface area (Å²) in [5.74, 6) is 0.154. The number of fused-ring (bicyclic) bond motifs is 3. The van der Waals surface area contributed by atoms with E-state index in [4.69, 9.17) is 0 Å². The third kappa shape index (κ3) is 1.37. The fraction of sp³-hybridized carbons (Fsp3) is 0.133. The van der Waals surface area contributed by atoms with Crippen molar-refractivity contribution >= 4 is 5.78 Å². The van der Waals surface area contributed by atoms with Crippen molar-refractivity contribution in [2.24, 2.45) is 0 Å². The summed E-state index contributed by atoms with van der Waals surface area (Å²) in [6.07, 6.45) is 0.919.